The van der Waals surface area contributed by atoms with E-state index in [4.69, 9.17) is 4.98 Å². The van der Waals surface area contributed by atoms with Crippen LogP contribution in [-0.2, 0) is 19.4 Å². The Morgan fingerprint density at radius 3 is 2.59 bits per heavy atom. The van der Waals surface area contributed by atoms with Crippen molar-refractivity contribution in [3.05, 3.63) is 15.6 Å². The monoisotopic (exact) mass is 255 g/mol. The molecule has 98 valence electrons. The second-order valence-corrected chi connectivity index (χ2v) is 5.73. The average molecular weight is 255 g/mol. The zero-order valence-corrected chi connectivity index (χ0v) is 12.4. The minimum Gasteiger partial charge on any atom is -0.312 e. The van der Waals surface area contributed by atoms with Gasteiger partial charge in [0.05, 0.1) is 10.7 Å². The number of aromatic nitrogens is 1. The standard InChI is InChI=1S/C13H25N3S/c1-5-7-11-12(10-14-6-2)17-13(15-11)8-9-16(3)4/h14H,5-10H2,1-4H3. The predicted molar refractivity (Wildman–Crippen MR) is 75.7 cm³/mol. The lowest BCUT2D eigenvalue weighted by Gasteiger charge is -2.06. The maximum absolute atomic E-state index is 4.78. The fourth-order valence-electron chi connectivity index (χ4n) is 1.67. The number of aryl methyl sites for hydroxylation is 1. The molecule has 0 amide bonds. The Bertz CT molecular complexity index is 320. The number of hydrogen-bond donors (Lipinski definition) is 1. The van der Waals surface area contributed by atoms with Crippen molar-refractivity contribution in [3.63, 3.8) is 0 Å². The van der Waals surface area contributed by atoms with E-state index >= 15 is 0 Å². The highest BCUT2D eigenvalue weighted by Gasteiger charge is 2.10. The molecule has 0 aliphatic carbocycles. The lowest BCUT2D eigenvalue weighted by atomic mass is 10.2. The lowest BCUT2D eigenvalue weighted by molar-refractivity contribution is 0.413. The lowest BCUT2D eigenvalue weighted by Crippen LogP contribution is -2.14. The molecule has 0 aliphatic rings. The fourth-order valence-corrected chi connectivity index (χ4v) is 2.75. The van der Waals surface area contributed by atoms with Gasteiger partial charge in [-0.1, -0.05) is 20.3 Å². The quantitative estimate of drug-likeness (QED) is 0.772. The van der Waals surface area contributed by atoms with E-state index in [-0.39, 0.29) is 0 Å². The molecular formula is C13H25N3S. The molecule has 0 unspecified atom stereocenters. The van der Waals surface area contributed by atoms with E-state index in [1.54, 1.807) is 0 Å². The Morgan fingerprint density at radius 1 is 1.24 bits per heavy atom. The van der Waals surface area contributed by atoms with E-state index in [9.17, 15) is 0 Å². The van der Waals surface area contributed by atoms with Crippen LogP contribution in [0.3, 0.4) is 0 Å². The molecule has 0 radical (unpaired) electrons. The normalized spacial score (nSPS) is 11.4. The predicted octanol–water partition coefficient (Wildman–Crippen LogP) is 2.31. The molecule has 3 nitrogen and oxygen atoms in total. The van der Waals surface area contributed by atoms with Crippen LogP contribution in [0.25, 0.3) is 0 Å². The second kappa shape index (κ2) is 7.80. The molecule has 0 atom stereocenters. The molecular weight excluding hydrogens is 230 g/mol. The summed E-state index contributed by atoms with van der Waals surface area (Å²) >= 11 is 1.88. The SMILES string of the molecule is CCCc1nc(CCN(C)C)sc1CNCC. The third kappa shape index (κ3) is 5.15. The van der Waals surface area contributed by atoms with Gasteiger partial charge in [-0.25, -0.2) is 4.98 Å². The molecule has 0 spiro atoms. The largest absolute Gasteiger partial charge is 0.312 e. The van der Waals surface area contributed by atoms with Crippen LogP contribution in [0.1, 0.15) is 35.8 Å². The summed E-state index contributed by atoms with van der Waals surface area (Å²) in [5.74, 6) is 0. The molecule has 0 saturated heterocycles. The van der Waals surface area contributed by atoms with E-state index in [0.717, 1.165) is 32.5 Å². The van der Waals surface area contributed by atoms with Crippen molar-refractivity contribution in [1.29, 1.82) is 0 Å². The van der Waals surface area contributed by atoms with E-state index in [1.165, 1.54) is 22.0 Å². The van der Waals surface area contributed by atoms with Gasteiger partial charge in [-0.15, -0.1) is 11.3 Å². The number of likely N-dealkylation sites (N-methyl/N-ethyl adjacent to an activating group) is 1. The summed E-state index contributed by atoms with van der Waals surface area (Å²) in [6.07, 6.45) is 3.36. The highest BCUT2D eigenvalue weighted by molar-refractivity contribution is 7.11. The van der Waals surface area contributed by atoms with Crippen LogP contribution in [-0.4, -0.2) is 37.1 Å². The van der Waals surface area contributed by atoms with Crippen LogP contribution in [0.5, 0.6) is 0 Å². The Hall–Kier alpha value is -0.450. The highest BCUT2D eigenvalue weighted by atomic mass is 32.1. The van der Waals surface area contributed by atoms with Crippen LogP contribution >= 0.6 is 11.3 Å². The first kappa shape index (κ1) is 14.6. The van der Waals surface area contributed by atoms with Crippen molar-refractivity contribution in [2.24, 2.45) is 0 Å². The second-order valence-electron chi connectivity index (χ2n) is 4.56. The van der Waals surface area contributed by atoms with E-state index in [2.05, 4.69) is 38.2 Å². The molecule has 17 heavy (non-hydrogen) atoms. The highest BCUT2D eigenvalue weighted by Crippen LogP contribution is 2.20. The maximum Gasteiger partial charge on any atom is 0.0944 e. The Morgan fingerprint density at radius 2 is 2.00 bits per heavy atom. The van der Waals surface area contributed by atoms with Gasteiger partial charge in [-0.2, -0.15) is 0 Å². The molecule has 0 bridgehead atoms. The summed E-state index contributed by atoms with van der Waals surface area (Å²) in [4.78, 5) is 8.42. The number of rotatable bonds is 8. The van der Waals surface area contributed by atoms with Gasteiger partial charge in [0.1, 0.15) is 0 Å². The molecule has 1 heterocycles. The van der Waals surface area contributed by atoms with Crippen molar-refractivity contribution < 1.29 is 0 Å². The summed E-state index contributed by atoms with van der Waals surface area (Å²) in [7, 11) is 4.22. The summed E-state index contributed by atoms with van der Waals surface area (Å²) < 4.78 is 0. The third-order valence-corrected chi connectivity index (χ3v) is 3.78. The van der Waals surface area contributed by atoms with Gasteiger partial charge in [-0.05, 0) is 27.1 Å². The third-order valence-electron chi connectivity index (χ3n) is 2.62. The summed E-state index contributed by atoms with van der Waals surface area (Å²) in [5, 5.41) is 4.69. The zero-order valence-electron chi connectivity index (χ0n) is 11.5. The Labute approximate surface area is 109 Å². The molecule has 0 aliphatic heterocycles. The summed E-state index contributed by atoms with van der Waals surface area (Å²) in [6, 6.07) is 0. The van der Waals surface area contributed by atoms with E-state index < -0.39 is 0 Å². The number of nitrogens with one attached hydrogen (secondary N) is 1. The van der Waals surface area contributed by atoms with Gasteiger partial charge >= 0.3 is 0 Å². The van der Waals surface area contributed by atoms with Crippen LogP contribution in [0, 0.1) is 0 Å². The minimum absolute atomic E-state index is 0.978. The maximum atomic E-state index is 4.78. The van der Waals surface area contributed by atoms with Crippen molar-refractivity contribution in [1.82, 2.24) is 15.2 Å². The first-order chi connectivity index (χ1) is 8.17. The first-order valence-electron chi connectivity index (χ1n) is 6.50. The molecule has 0 fully saturated rings. The van der Waals surface area contributed by atoms with Gasteiger partial charge in [-0.3, -0.25) is 0 Å². The average Bonchev–Trinajstić information content (AvgIpc) is 2.67. The van der Waals surface area contributed by atoms with Crippen molar-refractivity contribution in [2.45, 2.75) is 39.7 Å². The van der Waals surface area contributed by atoms with Gasteiger partial charge in [0.25, 0.3) is 0 Å². The number of hydrogen-bond acceptors (Lipinski definition) is 4. The van der Waals surface area contributed by atoms with Crippen molar-refractivity contribution in [2.75, 3.05) is 27.2 Å². The summed E-state index contributed by atoms with van der Waals surface area (Å²) in [5.41, 5.74) is 1.31. The van der Waals surface area contributed by atoms with Gasteiger partial charge in [0.2, 0.25) is 0 Å². The van der Waals surface area contributed by atoms with E-state index in [1.807, 2.05) is 11.3 Å². The molecule has 1 aromatic rings. The van der Waals surface area contributed by atoms with Crippen LogP contribution in [0.4, 0.5) is 0 Å². The van der Waals surface area contributed by atoms with Gasteiger partial charge in [0.15, 0.2) is 0 Å². The van der Waals surface area contributed by atoms with Crippen LogP contribution in [0.15, 0.2) is 0 Å². The minimum atomic E-state index is 0.978. The first-order valence-corrected chi connectivity index (χ1v) is 7.31. The van der Waals surface area contributed by atoms with Crippen molar-refractivity contribution >= 4 is 11.3 Å². The molecule has 1 N–H and O–H groups in total. The number of nitrogens with zero attached hydrogens (tertiary/aromatic N) is 2. The van der Waals surface area contributed by atoms with Crippen LogP contribution in [0.2, 0.25) is 0 Å². The Kier molecular flexibility index (Phi) is 6.70. The van der Waals surface area contributed by atoms with E-state index in [0.29, 0.717) is 0 Å². The van der Waals surface area contributed by atoms with Crippen LogP contribution < -0.4 is 5.32 Å². The molecule has 4 heteroatoms. The van der Waals surface area contributed by atoms with Crippen molar-refractivity contribution in [3.8, 4) is 0 Å². The topological polar surface area (TPSA) is 28.2 Å². The summed E-state index contributed by atoms with van der Waals surface area (Å²) in [6.45, 7) is 7.45. The smallest absolute Gasteiger partial charge is 0.0944 e. The van der Waals surface area contributed by atoms with Gasteiger partial charge < -0.3 is 10.2 Å². The van der Waals surface area contributed by atoms with Gasteiger partial charge in [0, 0.05) is 24.4 Å². The molecule has 0 saturated carbocycles. The molecule has 0 aromatic carbocycles. The molecule has 1 aromatic heterocycles. The zero-order chi connectivity index (χ0) is 12.7. The fraction of sp³-hybridized carbons (Fsp3) is 0.769. The number of thiazole rings is 1. The molecule has 1 rings (SSSR count). The Balaban J connectivity index is 2.65.